The van der Waals surface area contributed by atoms with Crippen molar-refractivity contribution in [1.82, 2.24) is 15.2 Å². The average Bonchev–Trinajstić information content (AvgIpc) is 2.57. The molecule has 0 radical (unpaired) electrons. The topological polar surface area (TPSA) is 97.0 Å². The number of halogens is 5. The van der Waals surface area contributed by atoms with Crippen molar-refractivity contribution in [2.45, 2.75) is 50.9 Å². The molecule has 1 aliphatic rings. The highest BCUT2D eigenvalue weighted by Gasteiger charge is 2.31. The second-order valence-corrected chi connectivity index (χ2v) is 6.50. The largest absolute Gasteiger partial charge is 0.507 e. The van der Waals surface area contributed by atoms with Crippen LogP contribution in [0.1, 0.15) is 36.9 Å². The Balaban J connectivity index is 0.00000196. The zero-order valence-electron chi connectivity index (χ0n) is 15.0. The van der Waals surface area contributed by atoms with E-state index in [1.807, 2.05) is 0 Å². The van der Waals surface area contributed by atoms with E-state index in [4.69, 9.17) is 5.73 Å². The van der Waals surface area contributed by atoms with Crippen LogP contribution in [-0.4, -0.2) is 32.4 Å². The minimum atomic E-state index is -4.53. The van der Waals surface area contributed by atoms with Gasteiger partial charge in [-0.05, 0) is 38.0 Å². The predicted molar refractivity (Wildman–Crippen MR) is 105 cm³/mol. The van der Waals surface area contributed by atoms with Gasteiger partial charge in [0.1, 0.15) is 11.4 Å². The van der Waals surface area contributed by atoms with Crippen molar-refractivity contribution in [2.75, 3.05) is 5.32 Å². The van der Waals surface area contributed by atoms with Crippen LogP contribution in [0.15, 0.2) is 18.2 Å². The lowest BCUT2D eigenvalue weighted by Crippen LogP contribution is -2.43. The van der Waals surface area contributed by atoms with Crippen LogP contribution >= 0.6 is 24.8 Å². The first-order valence-corrected chi connectivity index (χ1v) is 8.39. The van der Waals surface area contributed by atoms with Gasteiger partial charge in [0, 0.05) is 17.6 Å². The van der Waals surface area contributed by atoms with E-state index in [-0.39, 0.29) is 48.2 Å². The smallest absolute Gasteiger partial charge is 0.416 e. The summed E-state index contributed by atoms with van der Waals surface area (Å²) in [5.41, 5.74) is 5.99. The molecule has 156 valence electrons. The molecule has 0 aliphatic heterocycles. The number of hydrogen-bond acceptors (Lipinski definition) is 6. The van der Waals surface area contributed by atoms with Gasteiger partial charge in [-0.15, -0.1) is 35.0 Å². The third kappa shape index (κ3) is 5.36. The highest BCUT2D eigenvalue weighted by Crippen LogP contribution is 2.36. The van der Waals surface area contributed by atoms with E-state index in [0.29, 0.717) is 17.7 Å². The molecule has 0 saturated heterocycles. The van der Waals surface area contributed by atoms with Crippen molar-refractivity contribution in [3.05, 3.63) is 29.5 Å². The predicted octanol–water partition coefficient (Wildman–Crippen LogP) is 4.10. The lowest BCUT2D eigenvalue weighted by molar-refractivity contribution is -0.137. The SMILES string of the molecule is Cc1nc(N[C@@H]2CCCC[C@H]2N)nnc1-c1ccc(C(F)(F)F)cc1O.Cl.Cl. The molecular formula is C17H22Cl2F3N5O. The molecule has 1 heterocycles. The van der Waals surface area contributed by atoms with E-state index in [0.717, 1.165) is 31.7 Å². The van der Waals surface area contributed by atoms with Gasteiger partial charge in [0.2, 0.25) is 5.95 Å². The van der Waals surface area contributed by atoms with E-state index < -0.39 is 17.5 Å². The summed E-state index contributed by atoms with van der Waals surface area (Å²) in [5.74, 6) is -0.200. The maximum absolute atomic E-state index is 12.7. The molecule has 0 bridgehead atoms. The van der Waals surface area contributed by atoms with Crippen LogP contribution in [0.3, 0.4) is 0 Å². The van der Waals surface area contributed by atoms with Crippen LogP contribution in [0.2, 0.25) is 0 Å². The number of alkyl halides is 3. The molecule has 6 nitrogen and oxygen atoms in total. The third-order valence-corrected chi connectivity index (χ3v) is 4.58. The Hall–Kier alpha value is -1.84. The Labute approximate surface area is 173 Å². The summed E-state index contributed by atoms with van der Waals surface area (Å²) in [6.07, 6.45) is -0.493. The monoisotopic (exact) mass is 439 g/mol. The summed E-state index contributed by atoms with van der Waals surface area (Å²) in [6, 6.07) is 2.81. The van der Waals surface area contributed by atoms with Gasteiger partial charge in [-0.3, -0.25) is 0 Å². The molecule has 3 rings (SSSR count). The molecular weight excluding hydrogens is 418 g/mol. The molecule has 2 atom stereocenters. The molecule has 1 saturated carbocycles. The van der Waals surface area contributed by atoms with Crippen molar-refractivity contribution in [3.63, 3.8) is 0 Å². The number of nitrogens with zero attached hydrogens (tertiary/aromatic N) is 3. The second-order valence-electron chi connectivity index (χ2n) is 6.50. The highest BCUT2D eigenvalue weighted by molar-refractivity contribution is 5.85. The summed E-state index contributed by atoms with van der Waals surface area (Å²) in [4.78, 5) is 4.32. The first kappa shape index (κ1) is 24.2. The summed E-state index contributed by atoms with van der Waals surface area (Å²) in [6.45, 7) is 1.66. The number of nitrogens with two attached hydrogens (primary N) is 1. The summed E-state index contributed by atoms with van der Waals surface area (Å²) in [5, 5.41) is 21.2. The van der Waals surface area contributed by atoms with Crippen LogP contribution in [0.25, 0.3) is 11.3 Å². The Morgan fingerprint density at radius 3 is 2.39 bits per heavy atom. The molecule has 2 aromatic rings. The molecule has 28 heavy (non-hydrogen) atoms. The van der Waals surface area contributed by atoms with E-state index in [2.05, 4.69) is 20.5 Å². The van der Waals surface area contributed by atoms with Gasteiger partial charge in [0.05, 0.1) is 11.3 Å². The minimum Gasteiger partial charge on any atom is -0.507 e. The maximum Gasteiger partial charge on any atom is 0.416 e. The van der Waals surface area contributed by atoms with Crippen molar-refractivity contribution >= 4 is 30.8 Å². The van der Waals surface area contributed by atoms with Crippen molar-refractivity contribution < 1.29 is 18.3 Å². The number of benzene rings is 1. The molecule has 0 amide bonds. The van der Waals surface area contributed by atoms with Crippen molar-refractivity contribution in [1.29, 1.82) is 0 Å². The molecule has 1 aromatic heterocycles. The first-order chi connectivity index (χ1) is 12.3. The first-order valence-electron chi connectivity index (χ1n) is 8.39. The molecule has 1 aliphatic carbocycles. The lowest BCUT2D eigenvalue weighted by atomic mass is 9.91. The summed E-state index contributed by atoms with van der Waals surface area (Å²) in [7, 11) is 0. The quantitative estimate of drug-likeness (QED) is 0.665. The van der Waals surface area contributed by atoms with E-state index in [1.165, 1.54) is 6.07 Å². The number of phenolic OH excluding ortho intramolecular Hbond substituents is 1. The molecule has 4 N–H and O–H groups in total. The number of nitrogens with one attached hydrogen (secondary N) is 1. The molecule has 0 spiro atoms. The number of rotatable bonds is 3. The van der Waals surface area contributed by atoms with Crippen LogP contribution in [-0.2, 0) is 6.18 Å². The van der Waals surface area contributed by atoms with Crippen molar-refractivity contribution in [3.8, 4) is 17.0 Å². The van der Waals surface area contributed by atoms with Gasteiger partial charge < -0.3 is 16.2 Å². The molecule has 11 heteroatoms. The van der Waals surface area contributed by atoms with Gasteiger partial charge in [-0.2, -0.15) is 13.2 Å². The zero-order chi connectivity index (χ0) is 18.9. The molecule has 1 fully saturated rings. The van der Waals surface area contributed by atoms with E-state index >= 15 is 0 Å². The van der Waals surface area contributed by atoms with Gasteiger partial charge >= 0.3 is 6.18 Å². The summed E-state index contributed by atoms with van der Waals surface area (Å²) < 4.78 is 38.2. The maximum atomic E-state index is 12.7. The summed E-state index contributed by atoms with van der Waals surface area (Å²) >= 11 is 0. The fraction of sp³-hybridized carbons (Fsp3) is 0.471. The number of aromatic hydroxyl groups is 1. The lowest BCUT2D eigenvalue weighted by Gasteiger charge is -2.29. The number of anilines is 1. The molecule has 0 unspecified atom stereocenters. The van der Waals surface area contributed by atoms with Crippen LogP contribution < -0.4 is 11.1 Å². The van der Waals surface area contributed by atoms with Crippen LogP contribution in [0.4, 0.5) is 19.1 Å². The standard InChI is InChI=1S/C17H20F3N5O.2ClH/c1-9-15(11-7-6-10(8-14(11)26)17(18,19)20)24-25-16(22-9)23-13-5-3-2-4-12(13)21;;/h6-8,12-13,26H,2-5,21H2,1H3,(H,22,23,25);2*1H/t12-,13-;;/m1../s1. The number of aryl methyl sites for hydroxylation is 1. The minimum absolute atomic E-state index is 0. The molecule has 1 aromatic carbocycles. The van der Waals surface area contributed by atoms with Crippen molar-refractivity contribution in [2.24, 2.45) is 5.73 Å². The number of phenols is 1. The highest BCUT2D eigenvalue weighted by atomic mass is 35.5. The Morgan fingerprint density at radius 2 is 1.82 bits per heavy atom. The van der Waals surface area contributed by atoms with Gasteiger partial charge in [-0.25, -0.2) is 4.98 Å². The zero-order valence-corrected chi connectivity index (χ0v) is 16.7. The van der Waals surface area contributed by atoms with Gasteiger partial charge in [0.25, 0.3) is 0 Å². The third-order valence-electron chi connectivity index (χ3n) is 4.58. The fourth-order valence-electron chi connectivity index (χ4n) is 3.13. The number of aromatic nitrogens is 3. The van der Waals surface area contributed by atoms with E-state index in [9.17, 15) is 18.3 Å². The van der Waals surface area contributed by atoms with Gasteiger partial charge in [0.15, 0.2) is 0 Å². The Kier molecular flexibility index (Phi) is 8.28. The van der Waals surface area contributed by atoms with E-state index in [1.54, 1.807) is 6.92 Å². The Morgan fingerprint density at radius 1 is 1.14 bits per heavy atom. The normalized spacial score (nSPS) is 19.3. The second kappa shape index (κ2) is 9.58. The van der Waals surface area contributed by atoms with Crippen LogP contribution in [0.5, 0.6) is 5.75 Å². The fourth-order valence-corrected chi connectivity index (χ4v) is 3.13. The average molecular weight is 440 g/mol. The van der Waals surface area contributed by atoms with Crippen LogP contribution in [0, 0.1) is 6.92 Å². The Bertz CT molecular complexity index is 807. The number of hydrogen-bond donors (Lipinski definition) is 3. The van der Waals surface area contributed by atoms with Gasteiger partial charge in [-0.1, -0.05) is 12.8 Å².